The number of nitrogens with zero attached hydrogens (tertiary/aromatic N) is 1. The fourth-order valence-electron chi connectivity index (χ4n) is 1.86. The largest absolute Gasteiger partial charge is 0.392 e. The molecule has 1 rings (SSSR count). The molecule has 0 spiro atoms. The van der Waals surface area contributed by atoms with Gasteiger partial charge >= 0.3 is 0 Å². The Labute approximate surface area is 118 Å². The summed E-state index contributed by atoms with van der Waals surface area (Å²) in [4.78, 5) is 1.95. The summed E-state index contributed by atoms with van der Waals surface area (Å²) in [6.45, 7) is 4.94. The highest BCUT2D eigenvalue weighted by molar-refractivity contribution is 6.42. The first-order valence-electron chi connectivity index (χ1n) is 5.91. The molecule has 18 heavy (non-hydrogen) atoms. The molecule has 0 saturated heterocycles. The van der Waals surface area contributed by atoms with Gasteiger partial charge in [0.15, 0.2) is 0 Å². The van der Waals surface area contributed by atoms with Gasteiger partial charge in [0.1, 0.15) is 0 Å². The summed E-state index contributed by atoms with van der Waals surface area (Å²) in [7, 11) is 0. The molecule has 2 atom stereocenters. The molecule has 0 aliphatic carbocycles. The normalized spacial score (nSPS) is 14.8. The first-order chi connectivity index (χ1) is 8.40. The van der Waals surface area contributed by atoms with Crippen molar-refractivity contribution in [1.29, 1.82) is 0 Å². The average molecular weight is 292 g/mol. The molecule has 0 aliphatic heterocycles. The van der Waals surface area contributed by atoms with Crippen molar-refractivity contribution < 1.29 is 10.2 Å². The summed E-state index contributed by atoms with van der Waals surface area (Å²) < 4.78 is 0. The van der Waals surface area contributed by atoms with Crippen LogP contribution in [0.3, 0.4) is 0 Å². The zero-order valence-corrected chi connectivity index (χ0v) is 12.1. The van der Waals surface area contributed by atoms with E-state index >= 15 is 0 Å². The van der Waals surface area contributed by atoms with Crippen LogP contribution < -0.4 is 0 Å². The predicted molar refractivity (Wildman–Crippen MR) is 75.1 cm³/mol. The molecule has 0 heterocycles. The van der Waals surface area contributed by atoms with Gasteiger partial charge in [-0.05, 0) is 25.5 Å². The molecule has 1 aromatic carbocycles. The van der Waals surface area contributed by atoms with Crippen molar-refractivity contribution in [1.82, 2.24) is 4.90 Å². The van der Waals surface area contributed by atoms with Crippen molar-refractivity contribution in [2.45, 2.75) is 32.6 Å². The van der Waals surface area contributed by atoms with Gasteiger partial charge in [0.25, 0.3) is 0 Å². The van der Waals surface area contributed by atoms with E-state index in [0.717, 1.165) is 5.56 Å². The molecule has 0 saturated carbocycles. The molecule has 2 N–H and O–H groups in total. The standard InChI is InChI=1S/C13H19Cl2NO2/c1-9(17)6-16(7-10(2)18)8-11-4-3-5-12(14)13(11)15/h3-5,9-10,17-18H,6-8H2,1-2H3. The molecule has 0 bridgehead atoms. The van der Waals surface area contributed by atoms with E-state index in [1.165, 1.54) is 0 Å². The lowest BCUT2D eigenvalue weighted by Gasteiger charge is -2.25. The summed E-state index contributed by atoms with van der Waals surface area (Å²) in [6.07, 6.45) is -0.914. The van der Waals surface area contributed by atoms with E-state index in [1.54, 1.807) is 19.9 Å². The number of hydrogen-bond donors (Lipinski definition) is 2. The summed E-state index contributed by atoms with van der Waals surface area (Å²) >= 11 is 12.1. The van der Waals surface area contributed by atoms with Crippen molar-refractivity contribution in [2.75, 3.05) is 13.1 Å². The summed E-state index contributed by atoms with van der Waals surface area (Å²) in [5.41, 5.74) is 0.894. The molecule has 0 radical (unpaired) electrons. The minimum atomic E-state index is -0.457. The lowest BCUT2D eigenvalue weighted by atomic mass is 10.2. The maximum Gasteiger partial charge on any atom is 0.0639 e. The van der Waals surface area contributed by atoms with Crippen LogP contribution >= 0.6 is 23.2 Å². The maximum atomic E-state index is 9.46. The molecular weight excluding hydrogens is 273 g/mol. The van der Waals surface area contributed by atoms with Crippen LogP contribution in [0.25, 0.3) is 0 Å². The molecule has 0 aromatic heterocycles. The van der Waals surface area contributed by atoms with Crippen LogP contribution in [0.4, 0.5) is 0 Å². The Kier molecular flexibility index (Phi) is 6.39. The molecule has 0 amide bonds. The molecule has 0 fully saturated rings. The SMILES string of the molecule is CC(O)CN(Cc1cccc(Cl)c1Cl)CC(C)O. The maximum absolute atomic E-state index is 9.46. The lowest BCUT2D eigenvalue weighted by molar-refractivity contribution is 0.0794. The van der Waals surface area contributed by atoms with Crippen LogP contribution in [0.2, 0.25) is 10.0 Å². The van der Waals surface area contributed by atoms with Crippen molar-refractivity contribution in [3.63, 3.8) is 0 Å². The van der Waals surface area contributed by atoms with Crippen LogP contribution in [0.1, 0.15) is 19.4 Å². The monoisotopic (exact) mass is 291 g/mol. The van der Waals surface area contributed by atoms with Crippen molar-refractivity contribution >= 4 is 23.2 Å². The van der Waals surface area contributed by atoms with Crippen molar-refractivity contribution in [2.24, 2.45) is 0 Å². The molecule has 5 heteroatoms. The molecule has 0 aliphatic rings. The van der Waals surface area contributed by atoms with Gasteiger partial charge in [0.05, 0.1) is 22.3 Å². The van der Waals surface area contributed by atoms with Gasteiger partial charge in [0.2, 0.25) is 0 Å². The van der Waals surface area contributed by atoms with Gasteiger partial charge in [-0.3, -0.25) is 4.90 Å². The van der Waals surface area contributed by atoms with Crippen LogP contribution in [-0.4, -0.2) is 40.4 Å². The highest BCUT2D eigenvalue weighted by atomic mass is 35.5. The topological polar surface area (TPSA) is 43.7 Å². The Morgan fingerprint density at radius 2 is 1.67 bits per heavy atom. The fourth-order valence-corrected chi connectivity index (χ4v) is 2.24. The van der Waals surface area contributed by atoms with E-state index < -0.39 is 12.2 Å². The highest BCUT2D eigenvalue weighted by Crippen LogP contribution is 2.26. The van der Waals surface area contributed by atoms with E-state index in [2.05, 4.69) is 0 Å². The Balaban J connectivity index is 2.78. The van der Waals surface area contributed by atoms with Crippen molar-refractivity contribution in [3.05, 3.63) is 33.8 Å². The number of aliphatic hydroxyl groups is 2. The minimum Gasteiger partial charge on any atom is -0.392 e. The molecule has 1 aromatic rings. The summed E-state index contributed by atoms with van der Waals surface area (Å²) in [6, 6.07) is 5.47. The van der Waals surface area contributed by atoms with Crippen LogP contribution in [-0.2, 0) is 6.54 Å². The quantitative estimate of drug-likeness (QED) is 0.847. The Morgan fingerprint density at radius 1 is 1.11 bits per heavy atom. The fraction of sp³-hybridized carbons (Fsp3) is 0.538. The van der Waals surface area contributed by atoms with Gasteiger partial charge in [-0.25, -0.2) is 0 Å². The summed E-state index contributed by atoms with van der Waals surface area (Å²) in [5, 5.41) is 20.0. The number of benzene rings is 1. The molecular formula is C13H19Cl2NO2. The Hall–Kier alpha value is -0.320. The third-order valence-corrected chi connectivity index (χ3v) is 3.33. The highest BCUT2D eigenvalue weighted by Gasteiger charge is 2.14. The number of hydrogen-bond acceptors (Lipinski definition) is 3. The van der Waals surface area contributed by atoms with Crippen LogP contribution in [0, 0.1) is 0 Å². The van der Waals surface area contributed by atoms with E-state index in [1.807, 2.05) is 17.0 Å². The second-order valence-corrected chi connectivity index (χ2v) is 5.39. The molecule has 2 unspecified atom stereocenters. The zero-order chi connectivity index (χ0) is 13.7. The number of rotatable bonds is 6. The zero-order valence-electron chi connectivity index (χ0n) is 10.6. The van der Waals surface area contributed by atoms with E-state index in [4.69, 9.17) is 23.2 Å². The Bertz CT molecular complexity index is 373. The Morgan fingerprint density at radius 3 is 2.17 bits per heavy atom. The average Bonchev–Trinajstić information content (AvgIpc) is 2.23. The summed E-state index contributed by atoms with van der Waals surface area (Å²) in [5.74, 6) is 0. The van der Waals surface area contributed by atoms with Crippen LogP contribution in [0.15, 0.2) is 18.2 Å². The minimum absolute atomic E-state index is 0.457. The second-order valence-electron chi connectivity index (χ2n) is 4.61. The van der Waals surface area contributed by atoms with Crippen LogP contribution in [0.5, 0.6) is 0 Å². The molecule has 3 nitrogen and oxygen atoms in total. The number of aliphatic hydroxyl groups excluding tert-OH is 2. The van der Waals surface area contributed by atoms with E-state index in [9.17, 15) is 10.2 Å². The first kappa shape index (κ1) is 15.7. The smallest absolute Gasteiger partial charge is 0.0639 e. The number of halogens is 2. The van der Waals surface area contributed by atoms with Gasteiger partial charge in [-0.15, -0.1) is 0 Å². The lowest BCUT2D eigenvalue weighted by Crippen LogP contribution is -2.35. The third kappa shape index (κ3) is 5.12. The van der Waals surface area contributed by atoms with Gasteiger partial charge in [0, 0.05) is 19.6 Å². The van der Waals surface area contributed by atoms with E-state index in [-0.39, 0.29) is 0 Å². The van der Waals surface area contributed by atoms with Gasteiger partial charge < -0.3 is 10.2 Å². The second kappa shape index (κ2) is 7.31. The van der Waals surface area contributed by atoms with E-state index in [0.29, 0.717) is 29.7 Å². The van der Waals surface area contributed by atoms with Gasteiger partial charge in [-0.2, -0.15) is 0 Å². The predicted octanol–water partition coefficient (Wildman–Crippen LogP) is 2.56. The van der Waals surface area contributed by atoms with Crippen molar-refractivity contribution in [3.8, 4) is 0 Å². The van der Waals surface area contributed by atoms with Gasteiger partial charge in [-0.1, -0.05) is 35.3 Å². The first-order valence-corrected chi connectivity index (χ1v) is 6.67. The molecule has 102 valence electrons. The third-order valence-electron chi connectivity index (χ3n) is 2.47.